The maximum atomic E-state index is 11.9. The van der Waals surface area contributed by atoms with Crippen molar-refractivity contribution in [2.75, 3.05) is 5.32 Å². The van der Waals surface area contributed by atoms with Crippen LogP contribution in [0.4, 0.5) is 11.4 Å². The Morgan fingerprint density at radius 1 is 1.58 bits per heavy atom. The van der Waals surface area contributed by atoms with Crippen LogP contribution in [0.25, 0.3) is 0 Å². The fourth-order valence-corrected chi connectivity index (χ4v) is 1.99. The number of hydrogen-bond donors (Lipinski definition) is 2. The number of carbonyl (C=O) groups is 1. The summed E-state index contributed by atoms with van der Waals surface area (Å²) in [6.07, 6.45) is 0.804. The topological polar surface area (TPSA) is 98.3 Å². The van der Waals surface area contributed by atoms with Crippen molar-refractivity contribution in [3.05, 3.63) is 32.8 Å². The summed E-state index contributed by atoms with van der Waals surface area (Å²) < 4.78 is 0.312. The second-order valence-corrected chi connectivity index (χ2v) is 5.18. The Hall–Kier alpha value is -1.47. The fraction of sp³-hybridized carbons (Fsp3) is 0.417. The van der Waals surface area contributed by atoms with Gasteiger partial charge in [-0.15, -0.1) is 0 Å². The molecular weight excluding hydrogens is 314 g/mol. The molecule has 7 heteroatoms. The normalized spacial score (nSPS) is 13.7. The zero-order valence-corrected chi connectivity index (χ0v) is 12.3. The number of nitro benzene ring substituents is 1. The lowest BCUT2D eigenvalue weighted by Crippen LogP contribution is -2.40. The van der Waals surface area contributed by atoms with Crippen molar-refractivity contribution in [1.29, 1.82) is 0 Å². The number of nitro groups is 1. The highest BCUT2D eigenvalue weighted by Gasteiger charge is 2.20. The summed E-state index contributed by atoms with van der Waals surface area (Å²) in [7, 11) is 0. The molecule has 0 aromatic heterocycles. The molecule has 1 aromatic rings. The van der Waals surface area contributed by atoms with Gasteiger partial charge in [0.05, 0.1) is 15.4 Å². The molecule has 6 nitrogen and oxygen atoms in total. The van der Waals surface area contributed by atoms with E-state index < -0.39 is 11.0 Å². The number of nitrogens with one attached hydrogen (secondary N) is 1. The summed E-state index contributed by atoms with van der Waals surface area (Å²) in [5.74, 6) is -0.225. The van der Waals surface area contributed by atoms with Gasteiger partial charge in [0.15, 0.2) is 0 Å². The maximum absolute atomic E-state index is 11.9. The zero-order valence-electron chi connectivity index (χ0n) is 10.7. The van der Waals surface area contributed by atoms with Crippen LogP contribution in [-0.4, -0.2) is 16.9 Å². The molecule has 1 unspecified atom stereocenters. The Morgan fingerprint density at radius 2 is 2.21 bits per heavy atom. The van der Waals surface area contributed by atoms with Crippen molar-refractivity contribution in [3.63, 3.8) is 0 Å². The lowest BCUT2D eigenvalue weighted by Gasteiger charge is -2.17. The third-order valence-corrected chi connectivity index (χ3v) is 3.61. The molecule has 0 fully saturated rings. The van der Waals surface area contributed by atoms with Crippen LogP contribution in [0.3, 0.4) is 0 Å². The van der Waals surface area contributed by atoms with Crippen LogP contribution in [0.2, 0.25) is 0 Å². The fourth-order valence-electron chi connectivity index (χ4n) is 1.47. The lowest BCUT2D eigenvalue weighted by molar-refractivity contribution is -0.385. The number of amides is 1. The minimum atomic E-state index is -0.598. The molecule has 0 saturated heterocycles. The van der Waals surface area contributed by atoms with Gasteiger partial charge in [-0.2, -0.15) is 0 Å². The van der Waals surface area contributed by atoms with E-state index in [1.807, 2.05) is 13.8 Å². The highest BCUT2D eigenvalue weighted by atomic mass is 79.9. The Morgan fingerprint density at radius 3 is 2.68 bits per heavy atom. The molecule has 104 valence electrons. The molecule has 0 heterocycles. The molecule has 0 aliphatic heterocycles. The molecule has 0 bridgehead atoms. The Kier molecular flexibility index (Phi) is 5.44. The quantitative estimate of drug-likeness (QED) is 0.640. The van der Waals surface area contributed by atoms with Crippen molar-refractivity contribution in [1.82, 2.24) is 0 Å². The van der Waals surface area contributed by atoms with Gasteiger partial charge in [0, 0.05) is 11.8 Å². The van der Waals surface area contributed by atoms with Gasteiger partial charge >= 0.3 is 0 Å². The molecule has 0 radical (unpaired) electrons. The first kappa shape index (κ1) is 15.6. The van der Waals surface area contributed by atoms with Crippen molar-refractivity contribution >= 4 is 33.2 Å². The van der Waals surface area contributed by atoms with Gasteiger partial charge < -0.3 is 11.1 Å². The summed E-state index contributed by atoms with van der Waals surface area (Å²) >= 11 is 3.09. The molecule has 0 spiro atoms. The van der Waals surface area contributed by atoms with Crippen molar-refractivity contribution in [2.45, 2.75) is 26.3 Å². The molecule has 1 aromatic carbocycles. The van der Waals surface area contributed by atoms with Crippen LogP contribution >= 0.6 is 15.9 Å². The van der Waals surface area contributed by atoms with Gasteiger partial charge in [0.25, 0.3) is 5.69 Å². The Bertz CT molecular complexity index is 493. The lowest BCUT2D eigenvalue weighted by atomic mass is 9.99. The smallest absolute Gasteiger partial charge is 0.283 e. The number of nitrogens with zero attached hydrogens (tertiary/aromatic N) is 1. The molecule has 19 heavy (non-hydrogen) atoms. The third-order valence-electron chi connectivity index (χ3n) is 2.97. The van der Waals surface area contributed by atoms with Gasteiger partial charge in [-0.25, -0.2) is 0 Å². The highest BCUT2D eigenvalue weighted by molar-refractivity contribution is 9.10. The number of anilines is 1. The van der Waals surface area contributed by atoms with Crippen LogP contribution in [0.1, 0.15) is 20.3 Å². The molecule has 0 saturated carbocycles. The highest BCUT2D eigenvalue weighted by Crippen LogP contribution is 2.27. The summed E-state index contributed by atoms with van der Waals surface area (Å²) in [6.45, 7) is 3.86. The maximum Gasteiger partial charge on any atom is 0.283 e. The van der Waals surface area contributed by atoms with Crippen LogP contribution in [-0.2, 0) is 4.79 Å². The van der Waals surface area contributed by atoms with Crippen molar-refractivity contribution < 1.29 is 9.72 Å². The van der Waals surface area contributed by atoms with E-state index in [0.29, 0.717) is 10.2 Å². The summed E-state index contributed by atoms with van der Waals surface area (Å²) in [5.41, 5.74) is 6.22. The number of benzene rings is 1. The van der Waals surface area contributed by atoms with Gasteiger partial charge in [0.2, 0.25) is 5.91 Å². The Labute approximate surface area is 119 Å². The second kappa shape index (κ2) is 6.63. The van der Waals surface area contributed by atoms with Crippen LogP contribution in [0, 0.1) is 16.0 Å². The minimum absolute atomic E-state index is 0.0516. The van der Waals surface area contributed by atoms with Gasteiger partial charge in [-0.1, -0.05) is 20.3 Å². The van der Waals surface area contributed by atoms with Gasteiger partial charge in [0.1, 0.15) is 0 Å². The molecule has 3 N–H and O–H groups in total. The average molecular weight is 330 g/mol. The first-order valence-corrected chi connectivity index (χ1v) is 6.66. The first-order chi connectivity index (χ1) is 8.86. The van der Waals surface area contributed by atoms with E-state index in [2.05, 4.69) is 21.2 Å². The van der Waals surface area contributed by atoms with Crippen LogP contribution in [0.15, 0.2) is 22.7 Å². The van der Waals surface area contributed by atoms with Crippen molar-refractivity contribution in [2.24, 2.45) is 11.7 Å². The van der Waals surface area contributed by atoms with Crippen LogP contribution in [0.5, 0.6) is 0 Å². The number of halogens is 1. The SMILES string of the molecule is CCC(C)[C@H](N)C(=O)Nc1ccc([N+](=O)[O-])c(Br)c1. The minimum Gasteiger partial charge on any atom is -0.325 e. The first-order valence-electron chi connectivity index (χ1n) is 5.87. The number of hydrogen-bond acceptors (Lipinski definition) is 4. The van der Waals surface area contributed by atoms with E-state index in [-0.39, 0.29) is 17.5 Å². The van der Waals surface area contributed by atoms with Crippen molar-refractivity contribution in [3.8, 4) is 0 Å². The average Bonchev–Trinajstić information content (AvgIpc) is 2.36. The Balaban J connectivity index is 2.81. The van der Waals surface area contributed by atoms with Gasteiger partial charge in [-0.05, 0) is 34.0 Å². The molecule has 1 amide bonds. The van der Waals surface area contributed by atoms with Crippen LogP contribution < -0.4 is 11.1 Å². The molecule has 1 rings (SSSR count). The standard InChI is InChI=1S/C12H16BrN3O3/c1-3-7(2)11(14)12(17)15-8-4-5-10(16(18)19)9(13)6-8/h4-7,11H,3,14H2,1-2H3,(H,15,17)/t7?,11-/m0/s1. The molecule has 0 aliphatic carbocycles. The van der Waals surface area contributed by atoms with E-state index >= 15 is 0 Å². The van der Waals surface area contributed by atoms with E-state index in [1.165, 1.54) is 18.2 Å². The van der Waals surface area contributed by atoms with E-state index in [9.17, 15) is 14.9 Å². The second-order valence-electron chi connectivity index (χ2n) is 4.32. The van der Waals surface area contributed by atoms with Gasteiger partial charge in [-0.3, -0.25) is 14.9 Å². The summed E-state index contributed by atoms with van der Waals surface area (Å²) in [5, 5.41) is 13.3. The van der Waals surface area contributed by atoms with E-state index in [4.69, 9.17) is 5.73 Å². The third kappa shape index (κ3) is 4.00. The monoisotopic (exact) mass is 329 g/mol. The predicted molar refractivity (Wildman–Crippen MR) is 76.9 cm³/mol. The number of nitrogens with two attached hydrogens (primary N) is 1. The van der Waals surface area contributed by atoms with E-state index in [0.717, 1.165) is 6.42 Å². The molecule has 2 atom stereocenters. The van der Waals surface area contributed by atoms with E-state index in [1.54, 1.807) is 0 Å². The molecular formula is C12H16BrN3O3. The molecule has 0 aliphatic rings. The number of rotatable bonds is 5. The summed E-state index contributed by atoms with van der Waals surface area (Å²) in [6, 6.07) is 3.69. The zero-order chi connectivity index (χ0) is 14.6. The summed E-state index contributed by atoms with van der Waals surface area (Å²) in [4.78, 5) is 22.0. The largest absolute Gasteiger partial charge is 0.325 e. The predicted octanol–water partition coefficient (Wildman–Crippen LogP) is 2.67. The number of carbonyl (C=O) groups excluding carboxylic acids is 1.